The Hall–Kier alpha value is -0.140. The zero-order valence-electron chi connectivity index (χ0n) is 7.24. The minimum absolute atomic E-state index is 0.136. The van der Waals surface area contributed by atoms with Crippen molar-refractivity contribution in [2.45, 2.75) is 45.5 Å². The quantitative estimate of drug-likeness (QED) is 0.596. The summed E-state index contributed by atoms with van der Waals surface area (Å²) in [6, 6.07) is 0. The van der Waals surface area contributed by atoms with E-state index in [4.69, 9.17) is 0 Å². The Kier molecular flexibility index (Phi) is 2.50. The summed E-state index contributed by atoms with van der Waals surface area (Å²) in [5.41, 5.74) is 0. The SMILES string of the molecule is CCC(C)CC1CC(F)(F)C1. The monoisotopic (exact) mass is 162 g/mol. The van der Waals surface area contributed by atoms with Crippen LogP contribution in [0, 0.1) is 11.8 Å². The molecular formula is C9H16F2. The van der Waals surface area contributed by atoms with Gasteiger partial charge >= 0.3 is 0 Å². The van der Waals surface area contributed by atoms with Crippen molar-refractivity contribution in [1.29, 1.82) is 0 Å². The van der Waals surface area contributed by atoms with Gasteiger partial charge in [-0.3, -0.25) is 0 Å². The van der Waals surface area contributed by atoms with Crippen LogP contribution in [0.5, 0.6) is 0 Å². The average molecular weight is 162 g/mol. The molecule has 0 aliphatic heterocycles. The zero-order chi connectivity index (χ0) is 8.48. The van der Waals surface area contributed by atoms with Crippen LogP contribution in [0.4, 0.5) is 8.78 Å². The zero-order valence-corrected chi connectivity index (χ0v) is 7.24. The molecule has 0 radical (unpaired) electrons. The summed E-state index contributed by atoms with van der Waals surface area (Å²) in [4.78, 5) is 0. The van der Waals surface area contributed by atoms with E-state index in [0.717, 1.165) is 12.8 Å². The molecule has 0 aromatic heterocycles. The fourth-order valence-electron chi connectivity index (χ4n) is 1.69. The number of rotatable bonds is 3. The van der Waals surface area contributed by atoms with E-state index in [-0.39, 0.29) is 12.8 Å². The highest BCUT2D eigenvalue weighted by atomic mass is 19.3. The van der Waals surface area contributed by atoms with Crippen LogP contribution in [0.2, 0.25) is 0 Å². The maximum absolute atomic E-state index is 12.3. The van der Waals surface area contributed by atoms with Crippen LogP contribution in [0.3, 0.4) is 0 Å². The first kappa shape index (κ1) is 8.95. The smallest absolute Gasteiger partial charge is 0.207 e. The molecule has 2 heteroatoms. The number of halogens is 2. The third-order valence-electron chi connectivity index (χ3n) is 2.61. The molecule has 1 fully saturated rings. The average Bonchev–Trinajstić information content (AvgIpc) is 1.83. The van der Waals surface area contributed by atoms with Gasteiger partial charge in [0.25, 0.3) is 0 Å². The lowest BCUT2D eigenvalue weighted by atomic mass is 9.76. The molecule has 1 atom stereocenters. The minimum Gasteiger partial charge on any atom is -0.207 e. The standard InChI is InChI=1S/C9H16F2/c1-3-7(2)4-8-5-9(10,11)6-8/h7-8H,3-6H2,1-2H3. The molecule has 1 aliphatic rings. The maximum atomic E-state index is 12.3. The largest absolute Gasteiger partial charge is 0.248 e. The van der Waals surface area contributed by atoms with Gasteiger partial charge < -0.3 is 0 Å². The molecule has 1 rings (SSSR count). The lowest BCUT2D eigenvalue weighted by molar-refractivity contribution is -0.115. The minimum atomic E-state index is -2.32. The Balaban J connectivity index is 2.13. The van der Waals surface area contributed by atoms with Crippen molar-refractivity contribution in [2.24, 2.45) is 11.8 Å². The van der Waals surface area contributed by atoms with Crippen LogP contribution in [-0.4, -0.2) is 5.92 Å². The fraction of sp³-hybridized carbons (Fsp3) is 1.00. The number of hydrogen-bond acceptors (Lipinski definition) is 0. The summed E-state index contributed by atoms with van der Waals surface area (Å²) in [7, 11) is 0. The molecule has 0 aromatic rings. The second-order valence-electron chi connectivity index (χ2n) is 3.88. The van der Waals surface area contributed by atoms with Crippen molar-refractivity contribution in [3.8, 4) is 0 Å². The van der Waals surface area contributed by atoms with E-state index in [1.807, 2.05) is 0 Å². The molecule has 1 aliphatic carbocycles. The van der Waals surface area contributed by atoms with Crippen molar-refractivity contribution in [1.82, 2.24) is 0 Å². The van der Waals surface area contributed by atoms with Crippen LogP contribution in [-0.2, 0) is 0 Å². The summed E-state index contributed by atoms with van der Waals surface area (Å²) in [5, 5.41) is 0. The highest BCUT2D eigenvalue weighted by Gasteiger charge is 2.44. The maximum Gasteiger partial charge on any atom is 0.248 e. The molecule has 0 nitrogen and oxygen atoms in total. The van der Waals surface area contributed by atoms with E-state index in [1.54, 1.807) is 0 Å². The lowest BCUT2D eigenvalue weighted by Crippen LogP contribution is -2.36. The molecule has 66 valence electrons. The second-order valence-corrected chi connectivity index (χ2v) is 3.88. The van der Waals surface area contributed by atoms with Gasteiger partial charge in [0.1, 0.15) is 0 Å². The van der Waals surface area contributed by atoms with Crippen molar-refractivity contribution in [2.75, 3.05) is 0 Å². The Labute approximate surface area is 67.0 Å². The molecule has 11 heavy (non-hydrogen) atoms. The number of hydrogen-bond donors (Lipinski definition) is 0. The third kappa shape index (κ3) is 2.42. The normalized spacial score (nSPS) is 26.2. The first-order chi connectivity index (χ1) is 5.03. The van der Waals surface area contributed by atoms with Gasteiger partial charge in [0.2, 0.25) is 5.92 Å². The van der Waals surface area contributed by atoms with Crippen molar-refractivity contribution in [3.63, 3.8) is 0 Å². The van der Waals surface area contributed by atoms with Gasteiger partial charge in [-0.05, 0) is 18.3 Å². The highest BCUT2D eigenvalue weighted by Crippen LogP contribution is 2.45. The van der Waals surface area contributed by atoms with Crippen molar-refractivity contribution < 1.29 is 8.78 Å². The van der Waals surface area contributed by atoms with Crippen LogP contribution in [0.15, 0.2) is 0 Å². The van der Waals surface area contributed by atoms with Gasteiger partial charge in [0.15, 0.2) is 0 Å². The molecule has 0 heterocycles. The summed E-state index contributed by atoms with van der Waals surface area (Å²) in [5.74, 6) is -1.39. The molecular weight excluding hydrogens is 146 g/mol. The molecule has 0 N–H and O–H groups in total. The highest BCUT2D eigenvalue weighted by molar-refractivity contribution is 4.86. The van der Waals surface area contributed by atoms with Gasteiger partial charge in [-0.1, -0.05) is 20.3 Å². The Morgan fingerprint density at radius 2 is 2.00 bits per heavy atom. The third-order valence-corrected chi connectivity index (χ3v) is 2.61. The van der Waals surface area contributed by atoms with E-state index in [9.17, 15) is 8.78 Å². The van der Waals surface area contributed by atoms with E-state index in [1.165, 1.54) is 0 Å². The molecule has 1 saturated carbocycles. The fourth-order valence-corrected chi connectivity index (χ4v) is 1.69. The summed E-state index contributed by atoms with van der Waals surface area (Å²) in [6.45, 7) is 4.25. The first-order valence-corrected chi connectivity index (χ1v) is 4.41. The van der Waals surface area contributed by atoms with Gasteiger partial charge in [-0.15, -0.1) is 0 Å². The van der Waals surface area contributed by atoms with Crippen molar-refractivity contribution >= 4 is 0 Å². The van der Waals surface area contributed by atoms with Crippen LogP contribution < -0.4 is 0 Å². The number of alkyl halides is 2. The van der Waals surface area contributed by atoms with Gasteiger partial charge in [0.05, 0.1) is 0 Å². The summed E-state index contributed by atoms with van der Waals surface area (Å²) < 4.78 is 24.7. The predicted octanol–water partition coefficient (Wildman–Crippen LogP) is 3.47. The molecule has 0 aromatic carbocycles. The lowest BCUT2D eigenvalue weighted by Gasteiger charge is -2.36. The summed E-state index contributed by atoms with van der Waals surface area (Å²) >= 11 is 0. The van der Waals surface area contributed by atoms with E-state index in [0.29, 0.717) is 11.8 Å². The first-order valence-electron chi connectivity index (χ1n) is 4.41. The molecule has 0 spiro atoms. The van der Waals surface area contributed by atoms with Crippen molar-refractivity contribution in [3.05, 3.63) is 0 Å². The van der Waals surface area contributed by atoms with Crippen LogP contribution in [0.1, 0.15) is 39.5 Å². The Morgan fingerprint density at radius 3 is 2.36 bits per heavy atom. The van der Waals surface area contributed by atoms with Gasteiger partial charge in [0, 0.05) is 12.8 Å². The van der Waals surface area contributed by atoms with Crippen LogP contribution in [0.25, 0.3) is 0 Å². The van der Waals surface area contributed by atoms with Gasteiger partial charge in [-0.2, -0.15) is 0 Å². The van der Waals surface area contributed by atoms with E-state index < -0.39 is 5.92 Å². The van der Waals surface area contributed by atoms with Gasteiger partial charge in [-0.25, -0.2) is 8.78 Å². The Morgan fingerprint density at radius 1 is 1.45 bits per heavy atom. The molecule has 1 unspecified atom stereocenters. The molecule has 0 amide bonds. The van der Waals surface area contributed by atoms with Crippen LogP contribution >= 0.6 is 0 Å². The molecule has 0 bridgehead atoms. The Bertz CT molecular complexity index is 124. The molecule has 0 saturated heterocycles. The topological polar surface area (TPSA) is 0 Å². The second kappa shape index (κ2) is 3.08. The van der Waals surface area contributed by atoms with E-state index >= 15 is 0 Å². The summed E-state index contributed by atoms with van der Waals surface area (Å²) in [6.07, 6.45) is 2.38. The predicted molar refractivity (Wildman–Crippen MR) is 41.7 cm³/mol. The van der Waals surface area contributed by atoms with E-state index in [2.05, 4.69) is 13.8 Å².